The Morgan fingerprint density at radius 1 is 0.712 bits per heavy atom. The molecule has 0 atom stereocenters. The van der Waals surface area contributed by atoms with Crippen LogP contribution in [0.25, 0.3) is 39.4 Å². The number of pyridine rings is 1. The number of para-hydroxylation sites is 3. The first-order chi connectivity index (χ1) is 25.2. The van der Waals surface area contributed by atoms with E-state index in [0.717, 1.165) is 91.6 Å². The summed E-state index contributed by atoms with van der Waals surface area (Å²) < 4.78 is 15.9. The van der Waals surface area contributed by atoms with Gasteiger partial charge in [-0.25, -0.2) is 4.98 Å². The molecule has 0 N–H and O–H groups in total. The smallest absolute Gasteiger partial charge is 0.260 e. The zero-order chi connectivity index (χ0) is 35.7. The van der Waals surface area contributed by atoms with Crippen LogP contribution in [0.4, 0.5) is 0 Å². The highest BCUT2D eigenvalue weighted by atomic mass is 16.5. The third kappa shape index (κ3) is 5.31. The van der Waals surface area contributed by atoms with Gasteiger partial charge in [-0.15, -0.1) is 0 Å². The molecule has 4 heterocycles. The van der Waals surface area contributed by atoms with E-state index in [1.54, 1.807) is 0 Å². The third-order valence-electron chi connectivity index (χ3n) is 10.8. The predicted octanol–water partition coefficient (Wildman–Crippen LogP) is 9.74. The maximum absolute atomic E-state index is 6.83. The lowest BCUT2D eigenvalue weighted by atomic mass is 9.34. The highest BCUT2D eigenvalue weighted by Gasteiger charge is 2.41. The number of aryl methyl sites for hydroxylation is 3. The number of nitrogens with zero attached hydrogens (tertiary/aromatic N) is 3. The van der Waals surface area contributed by atoms with Gasteiger partial charge in [-0.3, -0.25) is 9.55 Å². The van der Waals surface area contributed by atoms with E-state index in [9.17, 15) is 0 Å². The fourth-order valence-corrected chi connectivity index (χ4v) is 8.01. The molecule has 0 radical (unpaired) electrons. The van der Waals surface area contributed by atoms with E-state index in [1.165, 1.54) is 28.7 Å². The van der Waals surface area contributed by atoms with Crippen molar-refractivity contribution < 1.29 is 9.47 Å². The molecule has 0 unspecified atom stereocenters. The molecule has 0 bridgehead atoms. The summed E-state index contributed by atoms with van der Waals surface area (Å²) in [7, 11) is 0. The highest BCUT2D eigenvalue weighted by molar-refractivity contribution is 6.98. The van der Waals surface area contributed by atoms with E-state index in [4.69, 9.17) is 19.4 Å². The summed E-state index contributed by atoms with van der Waals surface area (Å²) in [5.74, 6) is 4.33. The summed E-state index contributed by atoms with van der Waals surface area (Å²) in [4.78, 5) is 10.1. The molecule has 7 aromatic rings. The van der Waals surface area contributed by atoms with Crippen molar-refractivity contribution in [2.75, 3.05) is 0 Å². The van der Waals surface area contributed by atoms with E-state index >= 15 is 0 Å². The largest absolute Gasteiger partial charge is 0.458 e. The lowest BCUT2D eigenvalue weighted by Gasteiger charge is -2.35. The van der Waals surface area contributed by atoms with Crippen LogP contribution in [-0.4, -0.2) is 21.2 Å². The Bertz CT molecular complexity index is 2510. The molecular formula is C46H42BN3O2. The number of fused-ring (bicyclic) bond motifs is 5. The fourth-order valence-electron chi connectivity index (χ4n) is 8.01. The second kappa shape index (κ2) is 12.3. The number of imidazole rings is 1. The number of hydrogen-bond donors (Lipinski definition) is 0. The number of aromatic nitrogens is 3. The van der Waals surface area contributed by atoms with Crippen LogP contribution < -0.4 is 25.9 Å². The van der Waals surface area contributed by atoms with Crippen molar-refractivity contribution in [1.82, 2.24) is 14.5 Å². The maximum atomic E-state index is 6.83. The first-order valence-electron chi connectivity index (χ1n) is 18.5. The Hall–Kier alpha value is -5.62. The Balaban J connectivity index is 1.25. The average Bonchev–Trinajstić information content (AvgIpc) is 3.52. The van der Waals surface area contributed by atoms with E-state index in [2.05, 4.69) is 149 Å². The van der Waals surface area contributed by atoms with Gasteiger partial charge in [-0.2, -0.15) is 0 Å². The van der Waals surface area contributed by atoms with Crippen molar-refractivity contribution in [2.24, 2.45) is 0 Å². The maximum Gasteiger partial charge on any atom is 0.260 e. The topological polar surface area (TPSA) is 49.2 Å². The number of ether oxygens (including phenoxy) is 2. The van der Waals surface area contributed by atoms with Gasteiger partial charge in [-0.05, 0) is 132 Å². The zero-order valence-electron chi connectivity index (χ0n) is 30.7. The van der Waals surface area contributed by atoms with Gasteiger partial charge in [0.2, 0.25) is 0 Å². The molecule has 52 heavy (non-hydrogen) atoms. The Labute approximate surface area is 306 Å². The minimum absolute atomic E-state index is 0.0801. The number of unbranched alkanes of at least 4 members (excludes halogenated alkanes) is 1. The van der Waals surface area contributed by atoms with Gasteiger partial charge < -0.3 is 9.47 Å². The molecule has 2 aliphatic heterocycles. The second-order valence-corrected chi connectivity index (χ2v) is 15.4. The SMILES string of the molecule is CCCCc1ccnc(-c2ccc3c(c2)B2c4cc(-c5nc6ccccc6n5-c5c(C)cccc5C)ccc4Oc4cc(C(C)(C)C)cc(c42)O3)c1. The van der Waals surface area contributed by atoms with Crippen LogP contribution >= 0.6 is 0 Å². The summed E-state index contributed by atoms with van der Waals surface area (Å²) in [5, 5.41) is 0. The van der Waals surface area contributed by atoms with Crippen molar-refractivity contribution in [3.8, 4) is 51.3 Å². The molecule has 5 aromatic carbocycles. The van der Waals surface area contributed by atoms with E-state index in [0.29, 0.717) is 0 Å². The lowest BCUT2D eigenvalue weighted by Crippen LogP contribution is -2.57. The first kappa shape index (κ1) is 32.3. The van der Waals surface area contributed by atoms with Crippen molar-refractivity contribution in [2.45, 2.75) is 66.2 Å². The van der Waals surface area contributed by atoms with Gasteiger partial charge in [-0.1, -0.05) is 76.6 Å². The number of hydrogen-bond acceptors (Lipinski definition) is 4. The van der Waals surface area contributed by atoms with Gasteiger partial charge in [0.05, 0.1) is 22.4 Å². The molecule has 6 heteroatoms. The molecule has 0 spiro atoms. The Morgan fingerprint density at radius 2 is 1.38 bits per heavy atom. The summed E-state index contributed by atoms with van der Waals surface area (Å²) in [6, 6.07) is 36.8. The van der Waals surface area contributed by atoms with Crippen molar-refractivity contribution in [1.29, 1.82) is 0 Å². The van der Waals surface area contributed by atoms with Crippen molar-refractivity contribution in [3.05, 3.63) is 132 Å². The Kier molecular flexibility index (Phi) is 7.62. The van der Waals surface area contributed by atoms with Gasteiger partial charge >= 0.3 is 0 Å². The molecule has 256 valence electrons. The third-order valence-corrected chi connectivity index (χ3v) is 10.8. The molecule has 9 rings (SSSR count). The van der Waals surface area contributed by atoms with Crippen molar-refractivity contribution in [3.63, 3.8) is 0 Å². The molecule has 0 saturated heterocycles. The van der Waals surface area contributed by atoms with Crippen LogP contribution in [0.1, 0.15) is 62.8 Å². The number of rotatable bonds is 6. The molecular weight excluding hydrogens is 637 g/mol. The summed E-state index contributed by atoms with van der Waals surface area (Å²) in [6.07, 6.45) is 5.32. The predicted molar refractivity (Wildman–Crippen MR) is 214 cm³/mol. The highest BCUT2D eigenvalue weighted by Crippen LogP contribution is 2.40. The molecule has 2 aliphatic rings. The normalized spacial score (nSPS) is 12.9. The van der Waals surface area contributed by atoms with E-state index < -0.39 is 0 Å². The van der Waals surface area contributed by atoms with Crippen LogP contribution in [0.5, 0.6) is 23.0 Å². The minimum Gasteiger partial charge on any atom is -0.458 e. The van der Waals surface area contributed by atoms with Gasteiger partial charge in [0.25, 0.3) is 6.71 Å². The zero-order valence-corrected chi connectivity index (χ0v) is 30.7. The lowest BCUT2D eigenvalue weighted by molar-refractivity contribution is 0.458. The molecule has 0 fully saturated rings. The summed E-state index contributed by atoms with van der Waals surface area (Å²) in [6.45, 7) is 13.2. The monoisotopic (exact) mass is 679 g/mol. The summed E-state index contributed by atoms with van der Waals surface area (Å²) >= 11 is 0. The fraction of sp³-hybridized carbons (Fsp3) is 0.217. The van der Waals surface area contributed by atoms with Crippen molar-refractivity contribution >= 4 is 34.1 Å². The first-order valence-corrected chi connectivity index (χ1v) is 18.5. The molecule has 2 aromatic heterocycles. The molecule has 5 nitrogen and oxygen atoms in total. The second-order valence-electron chi connectivity index (χ2n) is 15.4. The number of benzene rings is 5. The van der Waals surface area contributed by atoms with Crippen LogP contribution in [0, 0.1) is 13.8 Å². The minimum atomic E-state index is -0.104. The molecule has 0 saturated carbocycles. The quantitative estimate of drug-likeness (QED) is 0.164. The van der Waals surface area contributed by atoms with Gasteiger partial charge in [0.15, 0.2) is 0 Å². The molecule has 0 amide bonds. The Morgan fingerprint density at radius 3 is 2.08 bits per heavy atom. The van der Waals surface area contributed by atoms with Crippen LogP contribution in [-0.2, 0) is 11.8 Å². The van der Waals surface area contributed by atoms with Crippen LogP contribution in [0.15, 0.2) is 109 Å². The van der Waals surface area contributed by atoms with Gasteiger partial charge in [0, 0.05) is 17.2 Å². The standard InChI is InChI=1S/C46H42BN3O2/c1-7-8-14-30-21-22-48-37(23-30)31-17-19-39-34(24-31)47-35-25-32(18-20-40(35)52-42-27-33(46(4,5)6)26-41(51-39)43(42)47)45-49-36-15-9-10-16-38(36)50(45)44-28(2)12-11-13-29(44)3/h9-13,15-27H,7-8,14H2,1-6H3. The molecule has 0 aliphatic carbocycles. The van der Waals surface area contributed by atoms with Crippen LogP contribution in [0.3, 0.4) is 0 Å². The summed E-state index contributed by atoms with van der Waals surface area (Å²) in [5.41, 5.74) is 14.4. The average molecular weight is 680 g/mol. The van der Waals surface area contributed by atoms with E-state index in [-0.39, 0.29) is 12.1 Å². The van der Waals surface area contributed by atoms with Gasteiger partial charge in [0.1, 0.15) is 28.8 Å². The van der Waals surface area contributed by atoms with E-state index in [1.807, 2.05) is 6.20 Å². The van der Waals surface area contributed by atoms with Crippen LogP contribution in [0.2, 0.25) is 0 Å².